The lowest BCUT2D eigenvalue weighted by atomic mass is 9.79. The average molecular weight is 254 g/mol. The first-order valence-corrected chi connectivity index (χ1v) is 7.59. The van der Waals surface area contributed by atoms with E-state index in [1.807, 2.05) is 7.11 Å². The highest BCUT2D eigenvalue weighted by atomic mass is 16.5. The monoisotopic (exact) mass is 254 g/mol. The van der Waals surface area contributed by atoms with Crippen LogP contribution in [0.3, 0.4) is 0 Å². The van der Waals surface area contributed by atoms with Crippen molar-refractivity contribution in [3.8, 4) is 0 Å². The van der Waals surface area contributed by atoms with Crippen LogP contribution >= 0.6 is 0 Å². The molecule has 0 aromatic carbocycles. The Kier molecular flexibility index (Phi) is 5.05. The lowest BCUT2D eigenvalue weighted by Gasteiger charge is -2.42. The van der Waals surface area contributed by atoms with E-state index in [-0.39, 0.29) is 0 Å². The Bertz CT molecular complexity index is 239. The lowest BCUT2D eigenvalue weighted by molar-refractivity contribution is 0.0129. The van der Waals surface area contributed by atoms with E-state index >= 15 is 0 Å². The Hall–Kier alpha value is -0.120. The normalized spacial score (nSPS) is 23.8. The van der Waals surface area contributed by atoms with Gasteiger partial charge in [-0.2, -0.15) is 0 Å². The molecular weight excluding hydrogens is 224 g/mol. The Morgan fingerprint density at radius 1 is 1.28 bits per heavy atom. The van der Waals surface area contributed by atoms with Crippen LogP contribution in [0.4, 0.5) is 0 Å². The topological polar surface area (TPSA) is 24.5 Å². The summed E-state index contributed by atoms with van der Waals surface area (Å²) < 4.78 is 5.53. The van der Waals surface area contributed by atoms with E-state index in [0.29, 0.717) is 11.5 Å². The second-order valence-corrected chi connectivity index (χ2v) is 6.65. The zero-order valence-electron chi connectivity index (χ0n) is 12.4. The van der Waals surface area contributed by atoms with Crippen LogP contribution in [0.25, 0.3) is 0 Å². The van der Waals surface area contributed by atoms with Crippen LogP contribution in [-0.4, -0.2) is 50.8 Å². The minimum absolute atomic E-state index is 0.388. The molecule has 2 fully saturated rings. The highest BCUT2D eigenvalue weighted by Crippen LogP contribution is 2.34. The fourth-order valence-corrected chi connectivity index (χ4v) is 3.13. The van der Waals surface area contributed by atoms with E-state index in [2.05, 4.69) is 24.1 Å². The van der Waals surface area contributed by atoms with E-state index in [1.165, 1.54) is 38.8 Å². The molecule has 1 saturated carbocycles. The second-order valence-electron chi connectivity index (χ2n) is 6.65. The summed E-state index contributed by atoms with van der Waals surface area (Å²) in [5, 5.41) is 3.48. The van der Waals surface area contributed by atoms with Gasteiger partial charge in [-0.3, -0.25) is 0 Å². The Morgan fingerprint density at radius 2 is 1.94 bits per heavy atom. The molecule has 1 aliphatic carbocycles. The summed E-state index contributed by atoms with van der Waals surface area (Å²) >= 11 is 0. The first kappa shape index (κ1) is 14.3. The molecule has 1 heterocycles. The van der Waals surface area contributed by atoms with Crippen molar-refractivity contribution in [3.05, 3.63) is 0 Å². The molecule has 1 saturated heterocycles. The first-order valence-electron chi connectivity index (χ1n) is 7.59. The molecule has 3 nitrogen and oxygen atoms in total. The van der Waals surface area contributed by atoms with Gasteiger partial charge in [0.15, 0.2) is 0 Å². The minimum atomic E-state index is 0.388. The summed E-state index contributed by atoms with van der Waals surface area (Å²) in [5.41, 5.74) is 0.388. The van der Waals surface area contributed by atoms with Crippen LogP contribution in [0, 0.1) is 11.3 Å². The van der Waals surface area contributed by atoms with E-state index in [4.69, 9.17) is 4.74 Å². The summed E-state index contributed by atoms with van der Waals surface area (Å²) in [6.07, 6.45) is 5.41. The van der Waals surface area contributed by atoms with Gasteiger partial charge < -0.3 is 15.0 Å². The van der Waals surface area contributed by atoms with Gasteiger partial charge in [0.25, 0.3) is 0 Å². The fourth-order valence-electron chi connectivity index (χ4n) is 3.13. The number of rotatable bonds is 7. The predicted octanol–water partition coefficient (Wildman–Crippen LogP) is 2.12. The third-order valence-electron chi connectivity index (χ3n) is 4.57. The van der Waals surface area contributed by atoms with Gasteiger partial charge in [0.1, 0.15) is 0 Å². The molecule has 0 radical (unpaired) electrons. The van der Waals surface area contributed by atoms with E-state index in [9.17, 15) is 0 Å². The molecular formula is C15H30N2O. The van der Waals surface area contributed by atoms with Gasteiger partial charge in [0.2, 0.25) is 0 Å². The predicted molar refractivity (Wildman–Crippen MR) is 75.8 cm³/mol. The molecule has 0 unspecified atom stereocenters. The smallest absolute Gasteiger partial charge is 0.0531 e. The van der Waals surface area contributed by atoms with Gasteiger partial charge in [-0.1, -0.05) is 0 Å². The molecule has 0 spiro atoms. The van der Waals surface area contributed by atoms with Crippen molar-refractivity contribution in [3.63, 3.8) is 0 Å². The van der Waals surface area contributed by atoms with Gasteiger partial charge in [-0.15, -0.1) is 0 Å². The van der Waals surface area contributed by atoms with Crippen molar-refractivity contribution in [2.75, 3.05) is 39.9 Å². The molecule has 1 aliphatic heterocycles. The van der Waals surface area contributed by atoms with Crippen LogP contribution in [0.5, 0.6) is 0 Å². The summed E-state index contributed by atoms with van der Waals surface area (Å²) in [7, 11) is 1.85. The van der Waals surface area contributed by atoms with Gasteiger partial charge in [-0.05, 0) is 58.5 Å². The molecule has 2 rings (SSSR count). The Balaban J connectivity index is 1.95. The Labute approximate surface area is 112 Å². The molecule has 3 heteroatoms. The van der Waals surface area contributed by atoms with Gasteiger partial charge >= 0.3 is 0 Å². The van der Waals surface area contributed by atoms with Crippen LogP contribution in [0.1, 0.15) is 39.5 Å². The number of piperidine rings is 1. The maximum Gasteiger partial charge on any atom is 0.0531 e. The average Bonchev–Trinajstić information content (AvgIpc) is 3.13. The van der Waals surface area contributed by atoms with Crippen molar-refractivity contribution in [2.24, 2.45) is 11.3 Å². The minimum Gasteiger partial charge on any atom is -0.384 e. The van der Waals surface area contributed by atoms with Gasteiger partial charge in [0.05, 0.1) is 6.61 Å². The molecule has 0 bridgehead atoms. The SMILES string of the molecule is COCC1(CN(CC2CC2)C(C)C)CCNCC1. The number of methoxy groups -OCH3 is 1. The molecule has 0 aromatic rings. The number of hydrogen-bond acceptors (Lipinski definition) is 3. The van der Waals surface area contributed by atoms with Crippen molar-refractivity contribution >= 4 is 0 Å². The van der Waals surface area contributed by atoms with Crippen molar-refractivity contribution in [1.29, 1.82) is 0 Å². The maximum absolute atomic E-state index is 5.53. The summed E-state index contributed by atoms with van der Waals surface area (Å²) in [4.78, 5) is 2.70. The molecule has 0 atom stereocenters. The molecule has 1 N–H and O–H groups in total. The van der Waals surface area contributed by atoms with Crippen LogP contribution in [-0.2, 0) is 4.74 Å². The molecule has 106 valence electrons. The van der Waals surface area contributed by atoms with Crippen LogP contribution in [0.2, 0.25) is 0 Å². The molecule has 0 amide bonds. The molecule has 2 aliphatic rings. The highest BCUT2D eigenvalue weighted by Gasteiger charge is 2.36. The van der Waals surface area contributed by atoms with Crippen LogP contribution < -0.4 is 5.32 Å². The number of hydrogen-bond donors (Lipinski definition) is 1. The summed E-state index contributed by atoms with van der Waals surface area (Å²) in [6, 6.07) is 0.661. The van der Waals surface area contributed by atoms with E-state index in [0.717, 1.165) is 25.6 Å². The first-order chi connectivity index (χ1) is 8.65. The molecule has 0 aromatic heterocycles. The third-order valence-corrected chi connectivity index (χ3v) is 4.57. The third kappa shape index (κ3) is 3.94. The van der Waals surface area contributed by atoms with Gasteiger partial charge in [0, 0.05) is 31.7 Å². The van der Waals surface area contributed by atoms with Gasteiger partial charge in [-0.25, -0.2) is 0 Å². The number of nitrogens with one attached hydrogen (secondary N) is 1. The maximum atomic E-state index is 5.53. The summed E-state index contributed by atoms with van der Waals surface area (Å²) in [5.74, 6) is 0.980. The summed E-state index contributed by atoms with van der Waals surface area (Å²) in [6.45, 7) is 10.4. The fraction of sp³-hybridized carbons (Fsp3) is 1.00. The van der Waals surface area contributed by atoms with E-state index in [1.54, 1.807) is 0 Å². The Morgan fingerprint density at radius 3 is 2.44 bits per heavy atom. The van der Waals surface area contributed by atoms with Crippen molar-refractivity contribution in [1.82, 2.24) is 10.2 Å². The lowest BCUT2D eigenvalue weighted by Crippen LogP contribution is -2.49. The number of ether oxygens (including phenoxy) is 1. The van der Waals surface area contributed by atoms with Crippen LogP contribution in [0.15, 0.2) is 0 Å². The standard InChI is InChI=1S/C15H30N2O/c1-13(2)17(10-14-4-5-14)11-15(12-18-3)6-8-16-9-7-15/h13-14,16H,4-12H2,1-3H3. The molecule has 18 heavy (non-hydrogen) atoms. The second kappa shape index (κ2) is 6.36. The zero-order chi connectivity index (χ0) is 13.0. The number of nitrogens with zero attached hydrogens (tertiary/aromatic N) is 1. The van der Waals surface area contributed by atoms with Crippen molar-refractivity contribution in [2.45, 2.75) is 45.6 Å². The van der Waals surface area contributed by atoms with Crippen molar-refractivity contribution < 1.29 is 4.74 Å². The highest BCUT2D eigenvalue weighted by molar-refractivity contribution is 4.90. The van der Waals surface area contributed by atoms with E-state index < -0.39 is 0 Å². The quantitative estimate of drug-likeness (QED) is 0.753. The largest absolute Gasteiger partial charge is 0.384 e. The zero-order valence-corrected chi connectivity index (χ0v) is 12.4.